The van der Waals surface area contributed by atoms with Crippen LogP contribution in [0.15, 0.2) is 60.7 Å². The maximum atomic E-state index is 13.1. The number of aliphatic carboxylic acids is 2. The highest BCUT2D eigenvalue weighted by molar-refractivity contribution is 5.99. The lowest BCUT2D eigenvalue weighted by Crippen LogP contribution is -2.48. The molecule has 2 aromatic rings. The normalized spacial score (nSPS) is 17.8. The van der Waals surface area contributed by atoms with Crippen molar-refractivity contribution in [3.05, 3.63) is 66.2 Å². The minimum absolute atomic E-state index is 0.0162. The van der Waals surface area contributed by atoms with E-state index in [1.807, 2.05) is 37.8 Å². The van der Waals surface area contributed by atoms with Crippen LogP contribution in [0.4, 0.5) is 16.2 Å². The number of rotatable bonds is 14. The predicted octanol–water partition coefficient (Wildman–Crippen LogP) is 4.04. The third-order valence-corrected chi connectivity index (χ3v) is 7.69. The van der Waals surface area contributed by atoms with Crippen molar-refractivity contribution < 1.29 is 38.9 Å². The van der Waals surface area contributed by atoms with Gasteiger partial charge in [-0.25, -0.2) is 14.4 Å². The Kier molecular flexibility index (Phi) is 12.9. The fourth-order valence-corrected chi connectivity index (χ4v) is 5.26. The zero-order chi connectivity index (χ0) is 34.7. The molecule has 6 N–H and O–H groups in total. The summed E-state index contributed by atoms with van der Waals surface area (Å²) in [6.07, 6.45) is 3.56. The first kappa shape index (κ1) is 36.6. The van der Waals surface area contributed by atoms with E-state index in [1.165, 1.54) is 12.2 Å². The van der Waals surface area contributed by atoms with Gasteiger partial charge >= 0.3 is 18.0 Å². The van der Waals surface area contributed by atoms with Gasteiger partial charge in [-0.05, 0) is 79.6 Å². The Morgan fingerprint density at radius 3 is 1.87 bits per heavy atom. The Morgan fingerprint density at radius 2 is 1.38 bits per heavy atom. The average molecular weight is 652 g/mol. The van der Waals surface area contributed by atoms with Crippen LogP contribution in [0, 0.1) is 5.41 Å². The lowest BCUT2D eigenvalue weighted by Gasteiger charge is -2.21. The van der Waals surface area contributed by atoms with Crippen LogP contribution in [0.25, 0.3) is 0 Å². The molecule has 0 saturated carbocycles. The molecule has 0 aliphatic carbocycles. The summed E-state index contributed by atoms with van der Waals surface area (Å²) in [5.41, 5.74) is 1.89. The first-order valence-corrected chi connectivity index (χ1v) is 15.4. The zero-order valence-corrected chi connectivity index (χ0v) is 27.4. The molecular weight excluding hydrogens is 606 g/mol. The van der Waals surface area contributed by atoms with Crippen LogP contribution in [0.5, 0.6) is 5.75 Å². The quantitative estimate of drug-likeness (QED) is 0.164. The third kappa shape index (κ3) is 11.8. The number of hydrogen-bond donors (Lipinski definition) is 6. The molecule has 3 rings (SSSR count). The molecule has 4 amide bonds. The maximum absolute atomic E-state index is 13.1. The molecule has 47 heavy (non-hydrogen) atoms. The van der Waals surface area contributed by atoms with Gasteiger partial charge in [-0.1, -0.05) is 45.1 Å². The number of nitrogens with zero attached hydrogens (tertiary/aromatic N) is 1. The fourth-order valence-electron chi connectivity index (χ4n) is 5.26. The summed E-state index contributed by atoms with van der Waals surface area (Å²) in [6, 6.07) is 11.0. The fraction of sp³-hybridized carbons (Fsp3) is 0.441. The molecule has 0 aromatic heterocycles. The van der Waals surface area contributed by atoms with Crippen molar-refractivity contribution in [1.29, 1.82) is 0 Å². The number of carboxylic acid groups (broad SMARTS) is 2. The Balaban J connectivity index is 1.51. The molecule has 0 spiro atoms. The summed E-state index contributed by atoms with van der Waals surface area (Å²) in [7, 11) is 3.37. The second-order valence-electron chi connectivity index (χ2n) is 12.9. The molecule has 0 bridgehead atoms. The van der Waals surface area contributed by atoms with Gasteiger partial charge in [0.1, 0.15) is 17.8 Å². The number of ether oxygens (including phenoxy) is 1. The van der Waals surface area contributed by atoms with E-state index in [1.54, 1.807) is 50.6 Å². The molecule has 1 heterocycles. The molecule has 1 saturated heterocycles. The van der Waals surface area contributed by atoms with Gasteiger partial charge in [0.2, 0.25) is 11.8 Å². The Labute approximate surface area is 274 Å². The zero-order valence-electron chi connectivity index (χ0n) is 27.4. The van der Waals surface area contributed by atoms with Crippen molar-refractivity contribution in [1.82, 2.24) is 15.5 Å². The van der Waals surface area contributed by atoms with E-state index in [-0.39, 0.29) is 36.5 Å². The lowest BCUT2D eigenvalue weighted by molar-refractivity contribution is -0.142. The smallest absolute Gasteiger partial charge is 0.326 e. The number of likely N-dealkylation sites (tertiary alicyclic amines) is 1. The van der Waals surface area contributed by atoms with Crippen LogP contribution in [-0.4, -0.2) is 83.7 Å². The molecule has 1 aliphatic heterocycles. The van der Waals surface area contributed by atoms with E-state index >= 15 is 0 Å². The molecule has 13 heteroatoms. The number of carbonyl (C=O) groups excluding carboxylic acids is 3. The largest absolute Gasteiger partial charge is 0.497 e. The van der Waals surface area contributed by atoms with Crippen molar-refractivity contribution >= 4 is 41.2 Å². The van der Waals surface area contributed by atoms with Gasteiger partial charge < -0.3 is 36.2 Å². The topological polar surface area (TPSA) is 186 Å². The molecule has 4 atom stereocenters. The predicted molar refractivity (Wildman–Crippen MR) is 177 cm³/mol. The van der Waals surface area contributed by atoms with Crippen molar-refractivity contribution in [2.75, 3.05) is 31.3 Å². The van der Waals surface area contributed by atoms with E-state index in [9.17, 15) is 34.2 Å². The van der Waals surface area contributed by atoms with Gasteiger partial charge in [0.15, 0.2) is 0 Å². The van der Waals surface area contributed by atoms with Crippen molar-refractivity contribution in [2.24, 2.45) is 5.41 Å². The van der Waals surface area contributed by atoms with Crippen molar-refractivity contribution in [3.63, 3.8) is 0 Å². The molecule has 1 aliphatic rings. The van der Waals surface area contributed by atoms with Crippen molar-refractivity contribution in [3.8, 4) is 5.75 Å². The standard InChI is InChI=1S/C34H45N5O8/c1-34(2,3)19-29(40)37-26(31(42)43)8-6-7-9-27(32(44)45)38-30(41)28-18-22(20-39(28)4)21-10-12-23(13-11-21)35-33(46)36-24-14-16-25(47-5)17-15-24/h6-7,10-17,22,26-28H,8-9,18-20H2,1-5H3,(H,37,40)(H,38,41)(H,42,43)(H,44,45)(H2,35,36,46). The number of anilines is 2. The summed E-state index contributed by atoms with van der Waals surface area (Å²) >= 11 is 0. The monoisotopic (exact) mass is 651 g/mol. The first-order valence-electron chi connectivity index (χ1n) is 15.4. The Morgan fingerprint density at radius 1 is 0.872 bits per heavy atom. The minimum atomic E-state index is -1.22. The second kappa shape index (κ2) is 16.6. The number of carbonyl (C=O) groups is 5. The highest BCUT2D eigenvalue weighted by Gasteiger charge is 2.36. The highest BCUT2D eigenvalue weighted by atomic mass is 16.5. The third-order valence-electron chi connectivity index (χ3n) is 7.69. The Hall–Kier alpha value is -4.91. The minimum Gasteiger partial charge on any atom is -0.497 e. The summed E-state index contributed by atoms with van der Waals surface area (Å²) in [4.78, 5) is 63.1. The summed E-state index contributed by atoms with van der Waals surface area (Å²) in [5, 5.41) is 29.8. The lowest BCUT2D eigenvalue weighted by atomic mass is 9.92. The number of hydrogen-bond acceptors (Lipinski definition) is 7. The van der Waals surface area contributed by atoms with Crippen LogP contribution in [-0.2, 0) is 19.2 Å². The summed E-state index contributed by atoms with van der Waals surface area (Å²) < 4.78 is 5.12. The van der Waals surface area contributed by atoms with Crippen molar-refractivity contribution in [2.45, 2.75) is 70.5 Å². The van der Waals surface area contributed by atoms with E-state index < -0.39 is 42.0 Å². The number of methoxy groups -OCH3 is 1. The molecule has 254 valence electrons. The van der Waals surface area contributed by atoms with Crippen LogP contribution in [0.1, 0.15) is 57.9 Å². The van der Waals surface area contributed by atoms with Gasteiger partial charge in [-0.2, -0.15) is 0 Å². The SMILES string of the molecule is COc1ccc(NC(=O)Nc2ccc(C3CC(C(=O)NC(CC=CCC(NC(=O)CC(C)(C)C)C(=O)O)C(=O)O)N(C)C3)cc2)cc1. The second-order valence-corrected chi connectivity index (χ2v) is 12.9. The van der Waals surface area contributed by atoms with Gasteiger partial charge in [-0.15, -0.1) is 0 Å². The van der Waals surface area contributed by atoms with Gasteiger partial charge in [0, 0.05) is 24.3 Å². The van der Waals surface area contributed by atoms with E-state index in [0.29, 0.717) is 30.1 Å². The van der Waals surface area contributed by atoms with Gasteiger partial charge in [0.05, 0.1) is 13.2 Å². The van der Waals surface area contributed by atoms with Crippen LogP contribution in [0.3, 0.4) is 0 Å². The van der Waals surface area contributed by atoms with E-state index in [4.69, 9.17) is 4.74 Å². The van der Waals surface area contributed by atoms with Gasteiger partial charge in [-0.3, -0.25) is 14.5 Å². The van der Waals surface area contributed by atoms with E-state index in [0.717, 1.165) is 5.56 Å². The number of carboxylic acids is 2. The Bertz CT molecular complexity index is 1440. The molecule has 13 nitrogen and oxygen atoms in total. The number of amides is 4. The molecular formula is C34H45N5O8. The summed E-state index contributed by atoms with van der Waals surface area (Å²) in [5.74, 6) is -2.51. The van der Waals surface area contributed by atoms with E-state index in [2.05, 4.69) is 21.3 Å². The first-order chi connectivity index (χ1) is 22.1. The van der Waals surface area contributed by atoms with Crippen LogP contribution >= 0.6 is 0 Å². The molecule has 1 fully saturated rings. The number of nitrogens with one attached hydrogen (secondary N) is 4. The average Bonchev–Trinajstić information content (AvgIpc) is 3.39. The summed E-state index contributed by atoms with van der Waals surface area (Å²) in [6.45, 7) is 6.20. The van der Waals surface area contributed by atoms with Gasteiger partial charge in [0.25, 0.3) is 0 Å². The van der Waals surface area contributed by atoms with Crippen LogP contribution in [0.2, 0.25) is 0 Å². The highest BCUT2D eigenvalue weighted by Crippen LogP contribution is 2.31. The molecule has 0 radical (unpaired) electrons. The molecule has 4 unspecified atom stereocenters. The molecule has 2 aromatic carbocycles. The van der Waals surface area contributed by atoms with Crippen LogP contribution < -0.4 is 26.0 Å². The number of likely N-dealkylation sites (N-methyl/N-ethyl adjacent to an activating group) is 1. The maximum Gasteiger partial charge on any atom is 0.326 e. The number of urea groups is 1. The number of benzene rings is 2.